The smallest absolute Gasteiger partial charge is 0.273 e. The SMILES string of the molecule is CC(C)C[C@@H](Nc1nnc(C(N)=O)c(Nc2cncc(F)c2)n1)C(N)=O. The molecule has 0 unspecified atom stereocenters. The van der Waals surface area contributed by atoms with Crippen LogP contribution < -0.4 is 22.1 Å². The van der Waals surface area contributed by atoms with Crippen molar-refractivity contribution < 1.29 is 14.0 Å². The van der Waals surface area contributed by atoms with Crippen molar-refractivity contribution in [1.29, 1.82) is 0 Å². The zero-order valence-corrected chi connectivity index (χ0v) is 14.2. The van der Waals surface area contributed by atoms with Crippen LogP contribution in [-0.2, 0) is 4.79 Å². The maximum atomic E-state index is 13.3. The highest BCUT2D eigenvalue weighted by Crippen LogP contribution is 2.19. The van der Waals surface area contributed by atoms with Gasteiger partial charge < -0.3 is 22.1 Å². The highest BCUT2D eigenvalue weighted by molar-refractivity contribution is 5.96. The molecule has 0 aromatic carbocycles. The summed E-state index contributed by atoms with van der Waals surface area (Å²) in [5.41, 5.74) is 10.6. The Morgan fingerprint density at radius 3 is 2.54 bits per heavy atom. The van der Waals surface area contributed by atoms with Gasteiger partial charge in [-0.1, -0.05) is 13.8 Å². The van der Waals surface area contributed by atoms with Gasteiger partial charge in [0.1, 0.15) is 11.9 Å². The molecule has 0 radical (unpaired) electrons. The fourth-order valence-electron chi connectivity index (χ4n) is 2.13. The Balaban J connectivity index is 2.32. The molecule has 0 aliphatic carbocycles. The van der Waals surface area contributed by atoms with Crippen LogP contribution in [0.3, 0.4) is 0 Å². The summed E-state index contributed by atoms with van der Waals surface area (Å²) in [6.07, 6.45) is 2.80. The largest absolute Gasteiger partial charge is 0.368 e. The molecule has 2 aromatic heterocycles. The minimum absolute atomic E-state index is 0.0358. The Morgan fingerprint density at radius 1 is 1.23 bits per heavy atom. The second kappa shape index (κ2) is 8.14. The number of amides is 2. The predicted molar refractivity (Wildman–Crippen MR) is 91.9 cm³/mol. The first-order valence-electron chi connectivity index (χ1n) is 7.74. The van der Waals surface area contributed by atoms with Crippen LogP contribution in [0.5, 0.6) is 0 Å². The van der Waals surface area contributed by atoms with Crippen LogP contribution in [0.25, 0.3) is 0 Å². The van der Waals surface area contributed by atoms with E-state index in [1.165, 1.54) is 6.20 Å². The Morgan fingerprint density at radius 2 is 1.96 bits per heavy atom. The highest BCUT2D eigenvalue weighted by atomic mass is 19.1. The molecule has 2 heterocycles. The zero-order valence-electron chi connectivity index (χ0n) is 14.2. The molecule has 0 fully saturated rings. The zero-order chi connectivity index (χ0) is 19.3. The van der Waals surface area contributed by atoms with E-state index in [2.05, 4.69) is 30.8 Å². The monoisotopic (exact) mass is 362 g/mol. The topological polar surface area (TPSA) is 162 Å². The van der Waals surface area contributed by atoms with E-state index in [-0.39, 0.29) is 29.1 Å². The Hall–Kier alpha value is -3.37. The molecule has 138 valence electrons. The summed E-state index contributed by atoms with van der Waals surface area (Å²) >= 11 is 0. The number of hydrogen-bond acceptors (Lipinski definition) is 8. The van der Waals surface area contributed by atoms with Crippen molar-refractivity contribution in [2.45, 2.75) is 26.3 Å². The van der Waals surface area contributed by atoms with E-state index in [4.69, 9.17) is 11.5 Å². The van der Waals surface area contributed by atoms with Gasteiger partial charge in [0.05, 0.1) is 18.1 Å². The van der Waals surface area contributed by atoms with Crippen molar-refractivity contribution in [2.24, 2.45) is 17.4 Å². The molecule has 0 aliphatic rings. The van der Waals surface area contributed by atoms with E-state index in [1.807, 2.05) is 13.8 Å². The molecule has 0 aliphatic heterocycles. The van der Waals surface area contributed by atoms with Crippen molar-refractivity contribution >= 4 is 29.3 Å². The summed E-state index contributed by atoms with van der Waals surface area (Å²) in [5, 5.41) is 12.9. The Bertz CT molecular complexity index is 814. The summed E-state index contributed by atoms with van der Waals surface area (Å²) in [4.78, 5) is 30.9. The Labute approximate surface area is 148 Å². The van der Waals surface area contributed by atoms with Crippen LogP contribution in [0.4, 0.5) is 21.8 Å². The molecule has 0 saturated heterocycles. The number of nitrogens with one attached hydrogen (secondary N) is 2. The van der Waals surface area contributed by atoms with Gasteiger partial charge in [0.25, 0.3) is 5.91 Å². The standard InChI is InChI=1S/C15H19FN8O2/c1-7(2)3-10(12(17)25)21-15-22-14(11(13(18)26)23-24-15)20-9-4-8(16)5-19-6-9/h4-7,10H,3H2,1-2H3,(H2,17,25)(H2,18,26)(H2,20,21,22,24)/t10-/m1/s1. The van der Waals surface area contributed by atoms with Crippen molar-refractivity contribution in [3.8, 4) is 0 Å². The molecule has 6 N–H and O–H groups in total. The van der Waals surface area contributed by atoms with E-state index >= 15 is 0 Å². The third kappa shape index (κ3) is 5.06. The lowest BCUT2D eigenvalue weighted by atomic mass is 10.0. The average Bonchev–Trinajstić information content (AvgIpc) is 2.53. The van der Waals surface area contributed by atoms with Crippen LogP contribution in [0.2, 0.25) is 0 Å². The van der Waals surface area contributed by atoms with Crippen molar-refractivity contribution in [2.75, 3.05) is 10.6 Å². The second-order valence-corrected chi connectivity index (χ2v) is 5.94. The molecule has 10 nitrogen and oxygen atoms in total. The van der Waals surface area contributed by atoms with Crippen molar-refractivity contribution in [3.05, 3.63) is 30.0 Å². The minimum Gasteiger partial charge on any atom is -0.368 e. The van der Waals surface area contributed by atoms with Crippen LogP contribution in [0, 0.1) is 11.7 Å². The van der Waals surface area contributed by atoms with Gasteiger partial charge in [-0.25, -0.2) is 4.39 Å². The minimum atomic E-state index is -0.878. The van der Waals surface area contributed by atoms with Crippen molar-refractivity contribution in [3.63, 3.8) is 0 Å². The van der Waals surface area contributed by atoms with Gasteiger partial charge in [-0.05, 0) is 12.3 Å². The second-order valence-electron chi connectivity index (χ2n) is 5.94. The van der Waals surface area contributed by atoms with Crippen LogP contribution in [-0.4, -0.2) is 38.0 Å². The fraction of sp³-hybridized carbons (Fsp3) is 0.333. The molecule has 0 saturated carbocycles. The molecule has 0 bridgehead atoms. The van der Waals surface area contributed by atoms with Gasteiger partial charge in [-0.15, -0.1) is 10.2 Å². The van der Waals surface area contributed by atoms with Gasteiger partial charge in [0.2, 0.25) is 11.9 Å². The third-order valence-electron chi connectivity index (χ3n) is 3.24. The maximum Gasteiger partial charge on any atom is 0.273 e. The molecule has 0 spiro atoms. The van der Waals surface area contributed by atoms with Gasteiger partial charge in [0, 0.05) is 6.07 Å². The average molecular weight is 362 g/mol. The molecule has 26 heavy (non-hydrogen) atoms. The first-order valence-corrected chi connectivity index (χ1v) is 7.74. The number of nitrogens with zero attached hydrogens (tertiary/aromatic N) is 4. The van der Waals surface area contributed by atoms with Gasteiger partial charge in [-0.3, -0.25) is 14.6 Å². The first kappa shape index (κ1) is 19.0. The maximum absolute atomic E-state index is 13.3. The number of aromatic nitrogens is 4. The molecular formula is C15H19FN8O2. The third-order valence-corrected chi connectivity index (χ3v) is 3.24. The quantitative estimate of drug-likeness (QED) is 0.529. The number of primary amides is 2. The lowest BCUT2D eigenvalue weighted by molar-refractivity contribution is -0.119. The van der Waals surface area contributed by atoms with E-state index < -0.39 is 23.7 Å². The van der Waals surface area contributed by atoms with E-state index in [1.54, 1.807) is 0 Å². The van der Waals surface area contributed by atoms with Crippen LogP contribution >= 0.6 is 0 Å². The summed E-state index contributed by atoms with van der Waals surface area (Å²) in [6, 6.07) is 0.428. The highest BCUT2D eigenvalue weighted by Gasteiger charge is 2.20. The van der Waals surface area contributed by atoms with E-state index in [0.717, 1.165) is 12.3 Å². The van der Waals surface area contributed by atoms with E-state index in [9.17, 15) is 14.0 Å². The number of hydrogen-bond donors (Lipinski definition) is 4. The molecule has 1 atom stereocenters. The van der Waals surface area contributed by atoms with Gasteiger partial charge in [0.15, 0.2) is 11.5 Å². The molecule has 11 heteroatoms. The van der Waals surface area contributed by atoms with E-state index in [0.29, 0.717) is 6.42 Å². The number of halogens is 1. The lowest BCUT2D eigenvalue weighted by Crippen LogP contribution is -2.37. The fourth-order valence-corrected chi connectivity index (χ4v) is 2.13. The predicted octanol–water partition coefficient (Wildman–Crippen LogP) is 0.560. The number of carbonyl (C=O) groups excluding carboxylic acids is 2. The number of pyridine rings is 1. The number of carbonyl (C=O) groups is 2. The normalized spacial score (nSPS) is 11.8. The lowest BCUT2D eigenvalue weighted by Gasteiger charge is -2.17. The number of anilines is 3. The van der Waals surface area contributed by atoms with Crippen LogP contribution in [0.1, 0.15) is 30.8 Å². The Kier molecular flexibility index (Phi) is 5.94. The first-order chi connectivity index (χ1) is 12.3. The van der Waals surface area contributed by atoms with Gasteiger partial charge in [-0.2, -0.15) is 4.98 Å². The molecule has 2 aromatic rings. The number of rotatable bonds is 8. The van der Waals surface area contributed by atoms with Crippen molar-refractivity contribution in [1.82, 2.24) is 20.2 Å². The van der Waals surface area contributed by atoms with Crippen LogP contribution in [0.15, 0.2) is 18.5 Å². The molecule has 2 amide bonds. The molecular weight excluding hydrogens is 343 g/mol. The summed E-state index contributed by atoms with van der Waals surface area (Å²) in [7, 11) is 0. The molecule has 2 rings (SSSR count). The number of nitrogens with two attached hydrogens (primary N) is 2. The summed E-state index contributed by atoms with van der Waals surface area (Å²) in [6.45, 7) is 3.85. The summed E-state index contributed by atoms with van der Waals surface area (Å²) in [5.74, 6) is -1.95. The summed E-state index contributed by atoms with van der Waals surface area (Å²) < 4.78 is 13.3. The van der Waals surface area contributed by atoms with Gasteiger partial charge >= 0.3 is 0 Å².